The van der Waals surface area contributed by atoms with Gasteiger partial charge in [-0.25, -0.2) is 0 Å². The highest BCUT2D eigenvalue weighted by atomic mass is 32.2. The molecule has 0 spiro atoms. The topological polar surface area (TPSA) is 67.4 Å². The van der Waals surface area contributed by atoms with Crippen LogP contribution in [0.2, 0.25) is 0 Å². The zero-order valence-electron chi connectivity index (χ0n) is 18.1. The van der Waals surface area contributed by atoms with Crippen LogP contribution in [0.5, 0.6) is 5.75 Å². The summed E-state index contributed by atoms with van der Waals surface area (Å²) in [4.78, 5) is 27.0. The Balaban J connectivity index is 1.48. The molecule has 1 fully saturated rings. The molecule has 31 heavy (non-hydrogen) atoms. The minimum absolute atomic E-state index is 0.0763. The van der Waals surface area contributed by atoms with Gasteiger partial charge in [0.1, 0.15) is 5.75 Å². The third-order valence-electron chi connectivity index (χ3n) is 6.37. The van der Waals surface area contributed by atoms with Crippen molar-refractivity contribution in [2.75, 3.05) is 12.4 Å². The SMILES string of the molecule is COc1ccc(/C=C2/Sc3ccc(C(=O)NC4CCCC(C)C4C)cc3NC2=O)cc1. The number of rotatable bonds is 4. The molecule has 0 saturated heterocycles. The maximum Gasteiger partial charge on any atom is 0.262 e. The van der Waals surface area contributed by atoms with E-state index in [0.717, 1.165) is 29.1 Å². The molecule has 1 heterocycles. The quantitative estimate of drug-likeness (QED) is 0.635. The molecule has 6 heteroatoms. The average Bonchev–Trinajstić information content (AvgIpc) is 2.77. The first-order valence-corrected chi connectivity index (χ1v) is 11.6. The van der Waals surface area contributed by atoms with Gasteiger partial charge in [-0.3, -0.25) is 9.59 Å². The fourth-order valence-corrected chi connectivity index (χ4v) is 5.12. The molecule has 3 atom stereocenters. The molecular weight excluding hydrogens is 408 g/mol. The molecule has 2 amide bonds. The fraction of sp³-hybridized carbons (Fsp3) is 0.360. The van der Waals surface area contributed by atoms with E-state index in [9.17, 15) is 9.59 Å². The number of ether oxygens (including phenoxy) is 1. The molecular formula is C25H28N2O3S. The number of anilines is 1. The Morgan fingerprint density at radius 1 is 1.16 bits per heavy atom. The zero-order chi connectivity index (χ0) is 22.0. The van der Waals surface area contributed by atoms with Crippen LogP contribution in [0.4, 0.5) is 5.69 Å². The second kappa shape index (κ2) is 9.18. The zero-order valence-corrected chi connectivity index (χ0v) is 18.9. The molecule has 1 saturated carbocycles. The summed E-state index contributed by atoms with van der Waals surface area (Å²) in [7, 11) is 1.62. The van der Waals surface area contributed by atoms with Crippen molar-refractivity contribution >= 4 is 35.3 Å². The van der Waals surface area contributed by atoms with E-state index in [2.05, 4.69) is 24.5 Å². The number of fused-ring (bicyclic) bond motifs is 1. The highest BCUT2D eigenvalue weighted by Gasteiger charge is 2.29. The van der Waals surface area contributed by atoms with E-state index >= 15 is 0 Å². The van der Waals surface area contributed by atoms with Crippen molar-refractivity contribution in [3.8, 4) is 5.75 Å². The van der Waals surface area contributed by atoms with Crippen LogP contribution in [0.25, 0.3) is 6.08 Å². The standard InChI is InChI=1S/C25H28N2O3S/c1-15-5-4-6-20(16(15)2)26-24(28)18-9-12-22-21(14-18)27-25(29)23(31-22)13-17-7-10-19(30-3)11-8-17/h7-16,20H,4-6H2,1-3H3,(H,26,28)(H,27,29)/b23-13+. The number of benzene rings is 2. The maximum absolute atomic E-state index is 12.8. The molecule has 2 N–H and O–H groups in total. The monoisotopic (exact) mass is 436 g/mol. The third-order valence-corrected chi connectivity index (χ3v) is 7.47. The van der Waals surface area contributed by atoms with E-state index in [-0.39, 0.29) is 17.9 Å². The molecule has 5 nitrogen and oxygen atoms in total. The molecule has 0 bridgehead atoms. The third kappa shape index (κ3) is 4.79. The molecule has 4 rings (SSSR count). The summed E-state index contributed by atoms with van der Waals surface area (Å²) in [5.74, 6) is 1.62. The van der Waals surface area contributed by atoms with E-state index < -0.39 is 0 Å². The number of nitrogens with one attached hydrogen (secondary N) is 2. The summed E-state index contributed by atoms with van der Waals surface area (Å²) in [5, 5.41) is 6.14. The Morgan fingerprint density at radius 2 is 1.94 bits per heavy atom. The first-order chi connectivity index (χ1) is 14.9. The van der Waals surface area contributed by atoms with E-state index in [1.165, 1.54) is 18.2 Å². The van der Waals surface area contributed by atoms with E-state index in [4.69, 9.17) is 4.74 Å². The smallest absolute Gasteiger partial charge is 0.262 e. The number of thioether (sulfide) groups is 1. The summed E-state index contributed by atoms with van der Waals surface area (Å²) in [6.45, 7) is 4.47. The van der Waals surface area contributed by atoms with Crippen LogP contribution >= 0.6 is 11.8 Å². The van der Waals surface area contributed by atoms with Crippen molar-refractivity contribution in [2.45, 2.75) is 44.0 Å². The number of hydrogen-bond acceptors (Lipinski definition) is 4. The molecule has 0 radical (unpaired) electrons. The van der Waals surface area contributed by atoms with Crippen LogP contribution in [0, 0.1) is 11.8 Å². The lowest BCUT2D eigenvalue weighted by atomic mass is 9.78. The molecule has 0 aromatic heterocycles. The van der Waals surface area contributed by atoms with Crippen molar-refractivity contribution in [3.05, 3.63) is 58.5 Å². The molecule has 2 aromatic rings. The van der Waals surface area contributed by atoms with Crippen LogP contribution in [0.3, 0.4) is 0 Å². The Morgan fingerprint density at radius 3 is 2.68 bits per heavy atom. The Labute approximate surface area is 187 Å². The van der Waals surface area contributed by atoms with Gasteiger partial charge in [0.2, 0.25) is 0 Å². The van der Waals surface area contributed by atoms with Gasteiger partial charge in [0.15, 0.2) is 0 Å². The fourth-order valence-electron chi connectivity index (χ4n) is 4.19. The van der Waals surface area contributed by atoms with Gasteiger partial charge in [0.25, 0.3) is 11.8 Å². The van der Waals surface area contributed by atoms with Gasteiger partial charge in [0.05, 0.1) is 17.7 Å². The van der Waals surface area contributed by atoms with Crippen LogP contribution in [-0.4, -0.2) is 25.0 Å². The van der Waals surface area contributed by atoms with Gasteiger partial charge in [0, 0.05) is 16.5 Å². The number of carbonyl (C=O) groups is 2. The minimum atomic E-state index is -0.166. The van der Waals surface area contributed by atoms with Gasteiger partial charge in [-0.15, -0.1) is 0 Å². The lowest BCUT2D eigenvalue weighted by Gasteiger charge is -2.34. The van der Waals surface area contributed by atoms with E-state index in [0.29, 0.717) is 28.0 Å². The van der Waals surface area contributed by atoms with Crippen LogP contribution in [0.1, 0.15) is 49.0 Å². The molecule has 1 aliphatic carbocycles. The van der Waals surface area contributed by atoms with E-state index in [1.807, 2.05) is 42.5 Å². The minimum Gasteiger partial charge on any atom is -0.497 e. The number of hydrogen-bond donors (Lipinski definition) is 2. The summed E-state index contributed by atoms with van der Waals surface area (Å²) in [6.07, 6.45) is 5.25. The molecule has 3 unspecified atom stereocenters. The van der Waals surface area contributed by atoms with Crippen LogP contribution < -0.4 is 15.4 Å². The molecule has 162 valence electrons. The summed E-state index contributed by atoms with van der Waals surface area (Å²) < 4.78 is 5.18. The molecule has 2 aliphatic rings. The van der Waals surface area contributed by atoms with Crippen LogP contribution in [0.15, 0.2) is 52.3 Å². The van der Waals surface area contributed by atoms with Crippen molar-refractivity contribution in [2.24, 2.45) is 11.8 Å². The molecule has 1 aliphatic heterocycles. The Bertz CT molecular complexity index is 1020. The lowest BCUT2D eigenvalue weighted by molar-refractivity contribution is -0.112. The predicted molar refractivity (Wildman–Crippen MR) is 125 cm³/mol. The van der Waals surface area contributed by atoms with Crippen molar-refractivity contribution < 1.29 is 14.3 Å². The first kappa shape index (κ1) is 21.5. The normalized spacial score (nSPS) is 24.3. The summed E-state index contributed by atoms with van der Waals surface area (Å²) in [6, 6.07) is 13.3. The largest absolute Gasteiger partial charge is 0.497 e. The number of methoxy groups -OCH3 is 1. The lowest BCUT2D eigenvalue weighted by Crippen LogP contribution is -2.43. The van der Waals surface area contributed by atoms with E-state index in [1.54, 1.807) is 13.2 Å². The summed E-state index contributed by atoms with van der Waals surface area (Å²) in [5.41, 5.74) is 2.18. The van der Waals surface area contributed by atoms with Crippen molar-refractivity contribution in [1.82, 2.24) is 5.32 Å². The van der Waals surface area contributed by atoms with Crippen LogP contribution in [-0.2, 0) is 4.79 Å². The van der Waals surface area contributed by atoms with Crippen molar-refractivity contribution in [3.63, 3.8) is 0 Å². The predicted octanol–water partition coefficient (Wildman–Crippen LogP) is 5.34. The van der Waals surface area contributed by atoms with Gasteiger partial charge >= 0.3 is 0 Å². The second-order valence-corrected chi connectivity index (χ2v) is 9.48. The van der Waals surface area contributed by atoms with Gasteiger partial charge in [-0.05, 0) is 60.2 Å². The number of carbonyl (C=O) groups excluding carboxylic acids is 2. The number of amides is 2. The highest BCUT2D eigenvalue weighted by molar-refractivity contribution is 8.04. The second-order valence-electron chi connectivity index (χ2n) is 8.40. The van der Waals surface area contributed by atoms with Gasteiger partial charge < -0.3 is 15.4 Å². The highest BCUT2D eigenvalue weighted by Crippen LogP contribution is 2.39. The Kier molecular flexibility index (Phi) is 6.37. The Hall–Kier alpha value is -2.73. The van der Waals surface area contributed by atoms with Gasteiger partial charge in [-0.2, -0.15) is 0 Å². The van der Waals surface area contributed by atoms with Gasteiger partial charge in [-0.1, -0.05) is 50.6 Å². The maximum atomic E-state index is 12.8. The average molecular weight is 437 g/mol. The first-order valence-electron chi connectivity index (χ1n) is 10.7. The van der Waals surface area contributed by atoms with Crippen molar-refractivity contribution in [1.29, 1.82) is 0 Å². The molecule has 2 aromatic carbocycles. The summed E-state index contributed by atoms with van der Waals surface area (Å²) >= 11 is 1.41.